The number of fused-ring (bicyclic) bond motifs is 1. The molecule has 4 nitrogen and oxygen atoms in total. The topological polar surface area (TPSA) is 42.7 Å². The van der Waals surface area contributed by atoms with Crippen molar-refractivity contribution in [3.05, 3.63) is 48.0 Å². The van der Waals surface area contributed by atoms with Gasteiger partial charge >= 0.3 is 0 Å². The molecule has 23 heavy (non-hydrogen) atoms. The van der Waals surface area contributed by atoms with E-state index in [4.69, 9.17) is 0 Å². The molecule has 0 atom stereocenters. The van der Waals surface area contributed by atoms with Gasteiger partial charge in [0.25, 0.3) is 0 Å². The number of anilines is 2. The van der Waals surface area contributed by atoms with Gasteiger partial charge in [0.15, 0.2) is 0 Å². The number of hydrogen-bond acceptors (Lipinski definition) is 3. The van der Waals surface area contributed by atoms with Gasteiger partial charge in [0.2, 0.25) is 5.95 Å². The molecule has 4 rings (SSSR count). The van der Waals surface area contributed by atoms with Crippen LogP contribution in [0.1, 0.15) is 37.3 Å². The summed E-state index contributed by atoms with van der Waals surface area (Å²) >= 11 is 0. The first-order chi connectivity index (χ1) is 11.2. The van der Waals surface area contributed by atoms with Gasteiger partial charge in [-0.15, -0.1) is 0 Å². The van der Waals surface area contributed by atoms with Crippen LogP contribution in [0.4, 0.5) is 16.0 Å². The lowest BCUT2D eigenvalue weighted by molar-refractivity contribution is 0.532. The summed E-state index contributed by atoms with van der Waals surface area (Å²) in [6.45, 7) is 2.08. The molecule has 1 saturated carbocycles. The van der Waals surface area contributed by atoms with E-state index < -0.39 is 0 Å². The summed E-state index contributed by atoms with van der Waals surface area (Å²) in [5.41, 5.74) is 2.51. The summed E-state index contributed by atoms with van der Waals surface area (Å²) in [5, 5.41) is 4.05. The van der Waals surface area contributed by atoms with Crippen molar-refractivity contribution in [2.24, 2.45) is 0 Å². The molecule has 1 fully saturated rings. The van der Waals surface area contributed by atoms with Crippen LogP contribution in [0.15, 0.2) is 36.7 Å². The van der Waals surface area contributed by atoms with Crippen molar-refractivity contribution in [2.75, 3.05) is 5.32 Å². The third-order valence-corrected chi connectivity index (χ3v) is 4.61. The zero-order chi connectivity index (χ0) is 15.8. The molecule has 1 aromatic carbocycles. The van der Waals surface area contributed by atoms with Crippen LogP contribution < -0.4 is 5.32 Å². The molecule has 0 unspecified atom stereocenters. The zero-order valence-corrected chi connectivity index (χ0v) is 13.1. The number of benzene rings is 1. The molecule has 0 bridgehead atoms. The smallest absolute Gasteiger partial charge is 0.229 e. The van der Waals surface area contributed by atoms with Crippen molar-refractivity contribution in [3.63, 3.8) is 0 Å². The number of aryl methyl sites for hydroxylation is 1. The van der Waals surface area contributed by atoms with E-state index in [1.807, 2.05) is 6.20 Å². The fraction of sp³-hybridized carbons (Fsp3) is 0.333. The third kappa shape index (κ3) is 2.56. The number of nitrogens with one attached hydrogen (secondary N) is 1. The summed E-state index contributed by atoms with van der Waals surface area (Å²) in [7, 11) is 0. The fourth-order valence-electron chi connectivity index (χ4n) is 3.39. The highest BCUT2D eigenvalue weighted by atomic mass is 19.1. The molecule has 0 saturated heterocycles. The van der Waals surface area contributed by atoms with Gasteiger partial charge in [-0.2, -0.15) is 4.98 Å². The second-order valence-corrected chi connectivity index (χ2v) is 6.19. The Balaban J connectivity index is 1.74. The molecule has 5 heteroatoms. The molecule has 1 aliphatic rings. The summed E-state index contributed by atoms with van der Waals surface area (Å²) < 4.78 is 16.1. The third-order valence-electron chi connectivity index (χ3n) is 4.61. The Bertz CT molecular complexity index is 849. The quantitative estimate of drug-likeness (QED) is 0.760. The second kappa shape index (κ2) is 5.65. The van der Waals surface area contributed by atoms with Crippen LogP contribution in [0.3, 0.4) is 0 Å². The van der Waals surface area contributed by atoms with Crippen LogP contribution >= 0.6 is 0 Å². The Morgan fingerprint density at radius 3 is 2.78 bits per heavy atom. The lowest BCUT2D eigenvalue weighted by atomic mass is 10.2. The number of halogens is 1. The minimum Gasteiger partial charge on any atom is -0.329 e. The van der Waals surface area contributed by atoms with E-state index in [1.54, 1.807) is 18.2 Å². The first-order valence-corrected chi connectivity index (χ1v) is 8.08. The van der Waals surface area contributed by atoms with E-state index in [-0.39, 0.29) is 5.82 Å². The van der Waals surface area contributed by atoms with E-state index in [0.29, 0.717) is 17.7 Å². The number of aromatic nitrogens is 3. The summed E-state index contributed by atoms with van der Waals surface area (Å²) in [6, 6.07) is 7.08. The lowest BCUT2D eigenvalue weighted by Gasteiger charge is -2.13. The number of para-hydroxylation sites is 1. The van der Waals surface area contributed by atoms with E-state index in [9.17, 15) is 4.39 Å². The SMILES string of the molecule is Cc1cn(C2CCCC2)c2nc(Nc3ccccc3F)ncc12. The van der Waals surface area contributed by atoms with Crippen molar-refractivity contribution in [1.82, 2.24) is 14.5 Å². The minimum atomic E-state index is -0.307. The molecule has 0 amide bonds. The predicted octanol–water partition coefficient (Wildman–Crippen LogP) is 4.74. The molecule has 0 radical (unpaired) electrons. The largest absolute Gasteiger partial charge is 0.329 e. The average Bonchev–Trinajstić information content (AvgIpc) is 3.18. The Kier molecular flexibility index (Phi) is 3.48. The minimum absolute atomic E-state index is 0.307. The predicted molar refractivity (Wildman–Crippen MR) is 89.5 cm³/mol. The van der Waals surface area contributed by atoms with Crippen molar-refractivity contribution < 1.29 is 4.39 Å². The first-order valence-electron chi connectivity index (χ1n) is 8.08. The second-order valence-electron chi connectivity index (χ2n) is 6.19. The van der Waals surface area contributed by atoms with Gasteiger partial charge in [0, 0.05) is 23.8 Å². The molecular weight excluding hydrogens is 291 g/mol. The normalized spacial score (nSPS) is 15.4. The molecule has 0 aliphatic heterocycles. The van der Waals surface area contributed by atoms with E-state index in [1.165, 1.54) is 37.3 Å². The van der Waals surface area contributed by atoms with Gasteiger partial charge in [-0.05, 0) is 37.5 Å². The van der Waals surface area contributed by atoms with Crippen LogP contribution in [-0.4, -0.2) is 14.5 Å². The van der Waals surface area contributed by atoms with E-state index in [2.05, 4.69) is 33.0 Å². The fourth-order valence-corrected chi connectivity index (χ4v) is 3.39. The van der Waals surface area contributed by atoms with Gasteiger partial charge in [-0.1, -0.05) is 25.0 Å². The molecular formula is C18H19FN4. The number of rotatable bonds is 3. The highest BCUT2D eigenvalue weighted by Gasteiger charge is 2.20. The molecule has 1 aliphatic carbocycles. The monoisotopic (exact) mass is 310 g/mol. The number of hydrogen-bond donors (Lipinski definition) is 1. The Hall–Kier alpha value is -2.43. The standard InChI is InChI=1S/C18H19FN4/c1-12-11-23(13-6-2-3-7-13)17-14(12)10-20-18(22-17)21-16-9-5-4-8-15(16)19/h4-5,8-11,13H,2-3,6-7H2,1H3,(H,20,21,22). The van der Waals surface area contributed by atoms with Crippen LogP contribution in [0.5, 0.6) is 0 Å². The maximum absolute atomic E-state index is 13.8. The van der Waals surface area contributed by atoms with Crippen molar-refractivity contribution in [1.29, 1.82) is 0 Å². The van der Waals surface area contributed by atoms with Gasteiger partial charge in [0.1, 0.15) is 11.5 Å². The van der Waals surface area contributed by atoms with Crippen LogP contribution in [0, 0.1) is 12.7 Å². The van der Waals surface area contributed by atoms with E-state index >= 15 is 0 Å². The molecule has 0 spiro atoms. The van der Waals surface area contributed by atoms with Gasteiger partial charge in [-0.25, -0.2) is 9.37 Å². The molecule has 118 valence electrons. The van der Waals surface area contributed by atoms with Crippen LogP contribution in [0.25, 0.3) is 11.0 Å². The number of nitrogens with zero attached hydrogens (tertiary/aromatic N) is 3. The van der Waals surface area contributed by atoms with Crippen LogP contribution in [-0.2, 0) is 0 Å². The zero-order valence-electron chi connectivity index (χ0n) is 13.1. The van der Waals surface area contributed by atoms with Gasteiger partial charge in [0.05, 0.1) is 5.69 Å². The van der Waals surface area contributed by atoms with Gasteiger partial charge in [-0.3, -0.25) is 0 Å². The first kappa shape index (κ1) is 14.2. The Morgan fingerprint density at radius 2 is 2.00 bits per heavy atom. The molecule has 1 N–H and O–H groups in total. The van der Waals surface area contributed by atoms with Crippen molar-refractivity contribution >= 4 is 22.7 Å². The molecule has 2 aromatic heterocycles. The summed E-state index contributed by atoms with van der Waals surface area (Å²) in [4.78, 5) is 8.99. The summed E-state index contributed by atoms with van der Waals surface area (Å²) in [5.74, 6) is 0.124. The average molecular weight is 310 g/mol. The van der Waals surface area contributed by atoms with Crippen molar-refractivity contribution in [3.8, 4) is 0 Å². The highest BCUT2D eigenvalue weighted by molar-refractivity contribution is 5.80. The maximum Gasteiger partial charge on any atom is 0.229 e. The molecule has 3 aromatic rings. The summed E-state index contributed by atoms with van der Waals surface area (Å²) in [6.07, 6.45) is 8.94. The van der Waals surface area contributed by atoms with Crippen LogP contribution in [0.2, 0.25) is 0 Å². The highest BCUT2D eigenvalue weighted by Crippen LogP contribution is 2.33. The van der Waals surface area contributed by atoms with Crippen molar-refractivity contribution in [2.45, 2.75) is 38.6 Å². The lowest BCUT2D eigenvalue weighted by Crippen LogP contribution is -2.05. The van der Waals surface area contributed by atoms with Gasteiger partial charge < -0.3 is 9.88 Å². The van der Waals surface area contributed by atoms with E-state index in [0.717, 1.165) is 11.0 Å². The molecule has 2 heterocycles. The maximum atomic E-state index is 13.8. The Morgan fingerprint density at radius 1 is 1.22 bits per heavy atom. The Labute approximate surface area is 134 Å².